The maximum absolute atomic E-state index is 12.1. The van der Waals surface area contributed by atoms with Crippen LogP contribution in [0.15, 0.2) is 11.1 Å². The Morgan fingerprint density at radius 2 is 2.13 bits per heavy atom. The van der Waals surface area contributed by atoms with Crippen molar-refractivity contribution in [1.29, 1.82) is 0 Å². The number of imidazole rings is 1. The van der Waals surface area contributed by atoms with Crippen molar-refractivity contribution in [2.75, 3.05) is 5.73 Å². The fourth-order valence-electron chi connectivity index (χ4n) is 3.42. The number of hydrogen-bond donors (Lipinski definition) is 4. The van der Waals surface area contributed by atoms with Gasteiger partial charge in [-0.25, -0.2) is 4.98 Å². The molecule has 1 aliphatic heterocycles. The van der Waals surface area contributed by atoms with Gasteiger partial charge >= 0.3 is 6.72 Å². The maximum Gasteiger partial charge on any atom is 0.325 e. The Morgan fingerprint density at radius 1 is 1.47 bits per heavy atom. The molecule has 2 aromatic heterocycles. The normalized spacial score (nSPS) is 27.1. The van der Waals surface area contributed by atoms with E-state index in [9.17, 15) is 14.8 Å². The zero-order chi connectivity index (χ0) is 22.4. The smallest absolute Gasteiger partial charge is 0.325 e. The summed E-state index contributed by atoms with van der Waals surface area (Å²) in [5.74, 6) is -0.0861. The van der Waals surface area contributed by atoms with Crippen LogP contribution in [0.25, 0.3) is 11.2 Å². The Labute approximate surface area is 178 Å². The number of anilines is 1. The number of fused-ring (bicyclic) bond motifs is 1. The second-order valence-electron chi connectivity index (χ2n) is 8.79. The summed E-state index contributed by atoms with van der Waals surface area (Å²) in [5.41, 5.74) is 5.21. The van der Waals surface area contributed by atoms with E-state index < -0.39 is 36.8 Å². The Kier molecular flexibility index (Phi) is 6.41. The summed E-state index contributed by atoms with van der Waals surface area (Å²) in [5, 5.41) is 11.0. The first-order valence-corrected chi connectivity index (χ1v) is 12.1. The molecule has 1 saturated heterocycles. The van der Waals surface area contributed by atoms with Gasteiger partial charge in [-0.15, -0.1) is 0 Å². The highest BCUT2D eigenvalue weighted by molar-refractivity contribution is 8.07. The van der Waals surface area contributed by atoms with Gasteiger partial charge in [-0.3, -0.25) is 18.9 Å². The zero-order valence-electron chi connectivity index (χ0n) is 17.5. The lowest BCUT2D eigenvalue weighted by Gasteiger charge is -2.29. The minimum absolute atomic E-state index is 0.0622. The number of aromatic amines is 1. The minimum atomic E-state index is -3.63. The summed E-state index contributed by atoms with van der Waals surface area (Å²) in [6, 6.07) is 0. The van der Waals surface area contributed by atoms with Gasteiger partial charge in [-0.1, -0.05) is 20.8 Å². The molecule has 2 aromatic rings. The van der Waals surface area contributed by atoms with Crippen molar-refractivity contribution in [3.8, 4) is 0 Å². The lowest BCUT2D eigenvalue weighted by molar-refractivity contribution is -0.0455. The van der Waals surface area contributed by atoms with E-state index in [1.165, 1.54) is 10.9 Å². The highest BCUT2D eigenvalue weighted by Crippen LogP contribution is 2.50. The van der Waals surface area contributed by atoms with Crippen molar-refractivity contribution in [3.63, 3.8) is 0 Å². The van der Waals surface area contributed by atoms with Crippen LogP contribution in [-0.4, -0.2) is 53.9 Å². The number of nitrogens with two attached hydrogens (primary N) is 1. The molecule has 0 amide bonds. The van der Waals surface area contributed by atoms with Gasteiger partial charge in [0.1, 0.15) is 12.2 Å². The van der Waals surface area contributed by atoms with Gasteiger partial charge in [0.25, 0.3) is 5.56 Å². The standard InChI is InChI=1S/C17H28N5O6PS/c1-8(2)27-29(25,30)28-12-9(6-17(3,4)5)26-15(11(12)23)22-7-19-10-13(22)20-16(18)21-14(10)24/h7-9,11-12,15,23H,6H2,1-5H3,(H,25,30)(H3,18,20,21,24)/t9-,11?,12?,15-,29?/m1/s1. The van der Waals surface area contributed by atoms with Gasteiger partial charge in [0.05, 0.1) is 18.5 Å². The molecule has 3 rings (SSSR count). The van der Waals surface area contributed by atoms with E-state index in [1.54, 1.807) is 13.8 Å². The van der Waals surface area contributed by atoms with Crippen molar-refractivity contribution in [2.45, 2.75) is 71.7 Å². The molecule has 0 saturated carbocycles. The number of nitrogen functional groups attached to an aromatic ring is 1. The van der Waals surface area contributed by atoms with E-state index in [0.717, 1.165) is 0 Å². The predicted molar refractivity (Wildman–Crippen MR) is 114 cm³/mol. The lowest BCUT2D eigenvalue weighted by Crippen LogP contribution is -2.36. The topological polar surface area (TPSA) is 158 Å². The van der Waals surface area contributed by atoms with Crippen molar-refractivity contribution in [3.05, 3.63) is 16.7 Å². The van der Waals surface area contributed by atoms with E-state index in [4.69, 9.17) is 31.3 Å². The number of nitrogens with zero attached hydrogens (tertiary/aromatic N) is 3. The summed E-state index contributed by atoms with van der Waals surface area (Å²) in [7, 11) is 0. The number of hydrogen-bond acceptors (Lipinski definition) is 9. The van der Waals surface area contributed by atoms with Gasteiger partial charge in [0, 0.05) is 0 Å². The summed E-state index contributed by atoms with van der Waals surface area (Å²) in [4.78, 5) is 33.1. The third-order valence-corrected chi connectivity index (χ3v) is 6.16. The Balaban J connectivity index is 1.98. The van der Waals surface area contributed by atoms with Gasteiger partial charge < -0.3 is 25.0 Å². The highest BCUT2D eigenvalue weighted by Gasteiger charge is 2.49. The quantitative estimate of drug-likeness (QED) is 0.464. The van der Waals surface area contributed by atoms with Crippen LogP contribution >= 0.6 is 6.72 Å². The van der Waals surface area contributed by atoms with Crippen LogP contribution in [0.3, 0.4) is 0 Å². The molecule has 30 heavy (non-hydrogen) atoms. The van der Waals surface area contributed by atoms with Crippen molar-refractivity contribution in [1.82, 2.24) is 19.5 Å². The summed E-state index contributed by atoms with van der Waals surface area (Å²) in [6.45, 7) is 5.87. The maximum atomic E-state index is 12.1. The van der Waals surface area contributed by atoms with Crippen LogP contribution in [0.5, 0.6) is 0 Å². The van der Waals surface area contributed by atoms with Gasteiger partial charge in [0.15, 0.2) is 17.4 Å². The van der Waals surface area contributed by atoms with E-state index in [0.29, 0.717) is 6.42 Å². The molecule has 3 heterocycles. The average molecular weight is 461 g/mol. The number of rotatable bonds is 6. The first-order valence-electron chi connectivity index (χ1n) is 9.53. The molecule has 0 radical (unpaired) electrons. The number of H-pyrrole nitrogens is 1. The molecular formula is C17H28N5O6PS. The number of ether oxygens (including phenoxy) is 1. The van der Waals surface area contributed by atoms with Gasteiger partial charge in [-0.2, -0.15) is 4.98 Å². The Bertz CT molecular complexity index is 1020. The molecule has 0 aromatic carbocycles. The number of aliphatic hydroxyl groups is 1. The highest BCUT2D eigenvalue weighted by atomic mass is 32.5. The zero-order valence-corrected chi connectivity index (χ0v) is 19.2. The lowest BCUT2D eigenvalue weighted by atomic mass is 9.87. The molecule has 13 heteroatoms. The third kappa shape index (κ3) is 5.08. The molecular weight excluding hydrogens is 433 g/mol. The fourth-order valence-corrected chi connectivity index (χ4v) is 5.39. The largest absolute Gasteiger partial charge is 0.386 e. The molecule has 5 atom stereocenters. The molecule has 0 spiro atoms. The van der Waals surface area contributed by atoms with E-state index in [-0.39, 0.29) is 28.6 Å². The van der Waals surface area contributed by atoms with Crippen molar-refractivity contribution < 1.29 is 23.8 Å². The van der Waals surface area contributed by atoms with Crippen molar-refractivity contribution in [2.24, 2.45) is 5.41 Å². The second-order valence-corrected chi connectivity index (χ2v) is 11.5. The predicted octanol–water partition coefficient (Wildman–Crippen LogP) is 1.42. The number of aromatic nitrogens is 4. The fraction of sp³-hybridized carbons (Fsp3) is 0.706. The van der Waals surface area contributed by atoms with E-state index in [2.05, 4.69) is 15.0 Å². The molecule has 1 fully saturated rings. The average Bonchev–Trinajstić information content (AvgIpc) is 3.08. The third-order valence-electron chi connectivity index (χ3n) is 4.45. The monoisotopic (exact) mass is 461 g/mol. The molecule has 1 aliphatic rings. The van der Waals surface area contributed by atoms with Gasteiger partial charge in [-0.05, 0) is 37.5 Å². The molecule has 0 bridgehead atoms. The summed E-state index contributed by atoms with van der Waals surface area (Å²) in [6.07, 6.45) is -2.28. The van der Waals surface area contributed by atoms with Crippen LogP contribution in [0, 0.1) is 5.41 Å². The van der Waals surface area contributed by atoms with Crippen molar-refractivity contribution >= 4 is 35.6 Å². The molecule has 5 N–H and O–H groups in total. The first kappa shape index (κ1) is 23.3. The van der Waals surface area contributed by atoms with Gasteiger partial charge in [0.2, 0.25) is 5.95 Å². The number of aliphatic hydroxyl groups excluding tert-OH is 1. The van der Waals surface area contributed by atoms with Crippen LogP contribution in [0.2, 0.25) is 0 Å². The Morgan fingerprint density at radius 3 is 2.73 bits per heavy atom. The van der Waals surface area contributed by atoms with E-state index >= 15 is 0 Å². The molecule has 0 aliphatic carbocycles. The SMILES string of the molecule is CC(C)OP(O)(=S)OC1C(O)[C@H](n2cnc3c(=O)[nH]c(N)nc32)O[C@@H]1CC(C)(C)C. The van der Waals surface area contributed by atoms with Crippen LogP contribution < -0.4 is 11.3 Å². The molecule has 11 nitrogen and oxygen atoms in total. The van der Waals surface area contributed by atoms with Crippen LogP contribution in [-0.2, 0) is 25.6 Å². The summed E-state index contributed by atoms with van der Waals surface area (Å²) >= 11 is 5.12. The molecule has 168 valence electrons. The van der Waals surface area contributed by atoms with Crippen LogP contribution in [0.4, 0.5) is 5.95 Å². The van der Waals surface area contributed by atoms with Crippen LogP contribution in [0.1, 0.15) is 47.3 Å². The minimum Gasteiger partial charge on any atom is -0.386 e. The summed E-state index contributed by atoms with van der Waals surface area (Å²) < 4.78 is 18.6. The number of nitrogens with one attached hydrogen (secondary N) is 1. The second kappa shape index (κ2) is 8.27. The molecule has 3 unspecified atom stereocenters. The first-order chi connectivity index (χ1) is 13.8. The Hall–Kier alpha value is -1.40. The van der Waals surface area contributed by atoms with E-state index in [1.807, 2.05) is 20.8 Å².